The van der Waals surface area contributed by atoms with Crippen LogP contribution in [0.5, 0.6) is 0 Å². The highest BCUT2D eigenvalue weighted by molar-refractivity contribution is 5.92. The lowest BCUT2D eigenvalue weighted by Crippen LogP contribution is -2.26. The van der Waals surface area contributed by atoms with E-state index in [1.165, 1.54) is 42.4 Å². The van der Waals surface area contributed by atoms with Gasteiger partial charge in [-0.2, -0.15) is 4.99 Å². The lowest BCUT2D eigenvalue weighted by atomic mass is 9.90. The van der Waals surface area contributed by atoms with Gasteiger partial charge in [0.05, 0.1) is 0 Å². The van der Waals surface area contributed by atoms with Gasteiger partial charge in [-0.05, 0) is 48.8 Å². The average molecular weight is 296 g/mol. The molecule has 0 unspecified atom stereocenters. The van der Waals surface area contributed by atoms with Crippen LogP contribution in [0.25, 0.3) is 0 Å². The summed E-state index contributed by atoms with van der Waals surface area (Å²) in [6, 6.07) is 6.71. The van der Waals surface area contributed by atoms with Gasteiger partial charge in [-0.25, -0.2) is 0 Å². The molecule has 0 spiro atoms. The highest BCUT2D eigenvalue weighted by atomic mass is 35.5. The summed E-state index contributed by atoms with van der Waals surface area (Å²) in [6.07, 6.45) is 5.87. The molecule has 0 heterocycles. The first-order chi connectivity index (χ1) is 9.15. The number of aliphatic imine (C=N–C) groups is 2. The first-order valence-corrected chi connectivity index (χ1v) is 6.65. The highest BCUT2D eigenvalue weighted by Crippen LogP contribution is 2.22. The number of guanidine groups is 2. The van der Waals surface area contributed by atoms with Gasteiger partial charge in [-0.15, -0.1) is 12.4 Å². The molecule has 20 heavy (non-hydrogen) atoms. The van der Waals surface area contributed by atoms with Crippen molar-refractivity contribution in [2.45, 2.75) is 32.1 Å². The number of benzene rings is 1. The monoisotopic (exact) mass is 295 g/mol. The van der Waals surface area contributed by atoms with Crippen LogP contribution in [0.15, 0.2) is 28.2 Å². The first kappa shape index (κ1) is 16.3. The van der Waals surface area contributed by atoms with Crippen LogP contribution < -0.4 is 17.2 Å². The minimum Gasteiger partial charge on any atom is -0.370 e. The molecule has 0 saturated heterocycles. The number of nitrogens with two attached hydrogens (primary N) is 3. The van der Waals surface area contributed by atoms with E-state index in [0.29, 0.717) is 6.54 Å². The van der Waals surface area contributed by atoms with Crippen molar-refractivity contribution in [2.24, 2.45) is 27.2 Å². The van der Waals surface area contributed by atoms with Gasteiger partial charge in [-0.3, -0.25) is 4.99 Å². The van der Waals surface area contributed by atoms with Crippen molar-refractivity contribution in [3.05, 3.63) is 34.9 Å². The SMILES string of the molecule is Cl.NC(N)=NC(N)=NCCc1ccc2c(c1)CCCC2. The molecule has 1 aliphatic rings. The molecule has 6 N–H and O–H groups in total. The van der Waals surface area contributed by atoms with Gasteiger partial charge in [0.15, 0.2) is 5.96 Å². The Balaban J connectivity index is 0.00000200. The fourth-order valence-corrected chi connectivity index (χ4v) is 2.41. The number of hydrogen-bond acceptors (Lipinski definition) is 1. The Morgan fingerprint density at radius 3 is 2.45 bits per heavy atom. The first-order valence-electron chi connectivity index (χ1n) is 6.65. The summed E-state index contributed by atoms with van der Waals surface area (Å²) in [5.41, 5.74) is 20.3. The summed E-state index contributed by atoms with van der Waals surface area (Å²) >= 11 is 0. The normalized spacial score (nSPS) is 14.1. The van der Waals surface area contributed by atoms with E-state index in [0.717, 1.165) is 6.42 Å². The molecule has 1 aliphatic carbocycles. The Morgan fingerprint density at radius 2 is 1.75 bits per heavy atom. The van der Waals surface area contributed by atoms with Crippen LogP contribution in [-0.4, -0.2) is 18.5 Å². The zero-order valence-electron chi connectivity index (χ0n) is 11.5. The van der Waals surface area contributed by atoms with E-state index in [4.69, 9.17) is 17.2 Å². The van der Waals surface area contributed by atoms with Gasteiger partial charge in [0.25, 0.3) is 0 Å². The summed E-state index contributed by atoms with van der Waals surface area (Å²) in [4.78, 5) is 7.80. The van der Waals surface area contributed by atoms with Crippen molar-refractivity contribution in [3.63, 3.8) is 0 Å². The van der Waals surface area contributed by atoms with Gasteiger partial charge < -0.3 is 17.2 Å². The summed E-state index contributed by atoms with van der Waals surface area (Å²) in [5, 5.41) is 0. The average Bonchev–Trinajstić information content (AvgIpc) is 2.37. The van der Waals surface area contributed by atoms with Gasteiger partial charge >= 0.3 is 0 Å². The quantitative estimate of drug-likeness (QED) is 0.575. The Morgan fingerprint density at radius 1 is 1.05 bits per heavy atom. The maximum atomic E-state index is 5.55. The van der Waals surface area contributed by atoms with Crippen LogP contribution in [0.3, 0.4) is 0 Å². The Kier molecular flexibility index (Phi) is 6.31. The van der Waals surface area contributed by atoms with Gasteiger partial charge in [0.2, 0.25) is 5.96 Å². The van der Waals surface area contributed by atoms with Crippen LogP contribution in [0, 0.1) is 0 Å². The third-order valence-corrected chi connectivity index (χ3v) is 3.33. The van der Waals surface area contributed by atoms with Crippen LogP contribution >= 0.6 is 12.4 Å². The molecule has 5 nitrogen and oxygen atoms in total. The molecule has 0 amide bonds. The number of rotatable bonds is 3. The standard InChI is InChI=1S/C14H21N5.ClH/c15-13(16)19-14(17)18-8-7-10-5-6-11-3-1-2-4-12(11)9-10;/h5-6,9H,1-4,7-8H2,(H6,15,16,17,18,19);1H. The van der Waals surface area contributed by atoms with Gasteiger partial charge in [0.1, 0.15) is 0 Å². The summed E-state index contributed by atoms with van der Waals surface area (Å²) in [7, 11) is 0. The molecule has 0 fully saturated rings. The van der Waals surface area contributed by atoms with E-state index in [1.807, 2.05) is 0 Å². The van der Waals surface area contributed by atoms with Crippen molar-refractivity contribution < 1.29 is 0 Å². The second-order valence-electron chi connectivity index (χ2n) is 4.84. The largest absolute Gasteiger partial charge is 0.370 e. The van der Waals surface area contributed by atoms with Crippen molar-refractivity contribution in [1.29, 1.82) is 0 Å². The van der Waals surface area contributed by atoms with Gasteiger partial charge in [0, 0.05) is 6.54 Å². The molecule has 0 bridgehead atoms. The fourth-order valence-electron chi connectivity index (χ4n) is 2.41. The molecule has 2 rings (SSSR count). The van der Waals surface area contributed by atoms with Crippen LogP contribution in [0.1, 0.15) is 29.5 Å². The Bertz CT molecular complexity index is 506. The number of nitrogens with zero attached hydrogens (tertiary/aromatic N) is 2. The zero-order valence-corrected chi connectivity index (χ0v) is 12.3. The molecule has 0 radical (unpaired) electrons. The maximum absolute atomic E-state index is 5.55. The number of hydrogen-bond donors (Lipinski definition) is 3. The lowest BCUT2D eigenvalue weighted by Gasteiger charge is -2.16. The molecule has 110 valence electrons. The maximum Gasteiger partial charge on any atom is 0.218 e. The summed E-state index contributed by atoms with van der Waals surface area (Å²) in [5.74, 6) is 0.0768. The molecular weight excluding hydrogens is 274 g/mol. The van der Waals surface area contributed by atoms with E-state index in [-0.39, 0.29) is 24.3 Å². The van der Waals surface area contributed by atoms with Crippen molar-refractivity contribution in [2.75, 3.05) is 6.54 Å². The second kappa shape index (κ2) is 7.75. The number of halogens is 1. The smallest absolute Gasteiger partial charge is 0.218 e. The third-order valence-electron chi connectivity index (χ3n) is 3.33. The van der Waals surface area contributed by atoms with Crippen LogP contribution in [0.4, 0.5) is 0 Å². The second-order valence-corrected chi connectivity index (χ2v) is 4.84. The molecule has 1 aromatic carbocycles. The van der Waals surface area contributed by atoms with E-state index >= 15 is 0 Å². The fraction of sp³-hybridized carbons (Fsp3) is 0.429. The molecule has 0 aromatic heterocycles. The molecule has 0 aliphatic heterocycles. The van der Waals surface area contributed by atoms with Crippen LogP contribution in [0.2, 0.25) is 0 Å². The highest BCUT2D eigenvalue weighted by Gasteiger charge is 2.09. The van der Waals surface area contributed by atoms with E-state index in [9.17, 15) is 0 Å². The summed E-state index contributed by atoms with van der Waals surface area (Å²) in [6.45, 7) is 0.599. The molecule has 0 saturated carbocycles. The minimum absolute atomic E-state index is 0. The Labute approximate surface area is 125 Å². The third kappa shape index (κ3) is 4.74. The topological polar surface area (TPSA) is 103 Å². The molecule has 6 heteroatoms. The Hall–Kier alpha value is -1.75. The van der Waals surface area contributed by atoms with Crippen molar-refractivity contribution >= 4 is 24.3 Å². The zero-order chi connectivity index (χ0) is 13.7. The predicted octanol–water partition coefficient (Wildman–Crippen LogP) is 1.12. The lowest BCUT2D eigenvalue weighted by molar-refractivity contribution is 0.684. The number of aryl methyl sites for hydroxylation is 2. The van der Waals surface area contributed by atoms with E-state index < -0.39 is 0 Å². The predicted molar refractivity (Wildman–Crippen MR) is 86.3 cm³/mol. The van der Waals surface area contributed by atoms with E-state index in [2.05, 4.69) is 28.2 Å². The number of fused-ring (bicyclic) bond motifs is 1. The van der Waals surface area contributed by atoms with Crippen LogP contribution in [-0.2, 0) is 19.3 Å². The molecular formula is C14H22ClN5. The molecule has 0 atom stereocenters. The van der Waals surface area contributed by atoms with Gasteiger partial charge in [-0.1, -0.05) is 18.2 Å². The summed E-state index contributed by atoms with van der Waals surface area (Å²) < 4.78 is 0. The van der Waals surface area contributed by atoms with Crippen molar-refractivity contribution in [3.8, 4) is 0 Å². The van der Waals surface area contributed by atoms with Crippen molar-refractivity contribution in [1.82, 2.24) is 0 Å². The molecule has 1 aromatic rings. The van der Waals surface area contributed by atoms with E-state index in [1.54, 1.807) is 0 Å². The minimum atomic E-state index is -0.0602.